The molecule has 0 fully saturated rings. The molecule has 0 saturated heterocycles. The maximum Gasteiger partial charge on any atom is 0.150 e. The maximum atomic E-state index is 10.6. The second kappa shape index (κ2) is 3.57. The zero-order valence-electron chi connectivity index (χ0n) is 8.68. The summed E-state index contributed by atoms with van der Waals surface area (Å²) in [5.41, 5.74) is 4.14. The van der Waals surface area contributed by atoms with Crippen LogP contribution >= 0.6 is 0 Å². The topological polar surface area (TPSA) is 46.9 Å². The van der Waals surface area contributed by atoms with Crippen LogP contribution in [0.15, 0.2) is 30.5 Å². The van der Waals surface area contributed by atoms with Gasteiger partial charge in [-0.3, -0.25) is 4.79 Å². The Kier molecular flexibility index (Phi) is 2.08. The summed E-state index contributed by atoms with van der Waals surface area (Å²) in [4.78, 5) is 10.6. The van der Waals surface area contributed by atoms with Crippen molar-refractivity contribution < 1.29 is 4.79 Å². The number of aldehydes is 1. The van der Waals surface area contributed by atoms with Gasteiger partial charge in [0.15, 0.2) is 0 Å². The van der Waals surface area contributed by atoms with Crippen molar-refractivity contribution in [1.29, 1.82) is 0 Å². The summed E-state index contributed by atoms with van der Waals surface area (Å²) in [6.45, 7) is 1.74. The van der Waals surface area contributed by atoms with E-state index in [-0.39, 0.29) is 0 Å². The van der Waals surface area contributed by atoms with E-state index in [4.69, 9.17) is 0 Å². The van der Waals surface area contributed by atoms with Gasteiger partial charge in [-0.25, -0.2) is 4.68 Å². The third-order valence-corrected chi connectivity index (χ3v) is 2.84. The molecule has 0 unspecified atom stereocenters. The number of carbonyl (C=O) groups is 1. The fraction of sp³-hybridized carbons (Fsp3) is 0.167. The molecule has 4 nitrogen and oxygen atoms in total. The number of rotatable bonds is 2. The summed E-state index contributed by atoms with van der Waals surface area (Å²) in [7, 11) is 0. The van der Waals surface area contributed by atoms with Crippen LogP contribution in [0, 0.1) is 0 Å². The van der Waals surface area contributed by atoms with Crippen molar-refractivity contribution in [1.82, 2.24) is 15.1 Å². The van der Waals surface area contributed by atoms with Crippen LogP contribution in [0.1, 0.15) is 21.6 Å². The number of carbonyl (C=O) groups excluding carboxylic acids is 1. The number of nitrogens with one attached hydrogen (secondary N) is 1. The van der Waals surface area contributed by atoms with Gasteiger partial charge in [-0.15, -0.1) is 0 Å². The molecule has 0 bridgehead atoms. The average Bonchev–Trinajstić information content (AvgIpc) is 2.91. The second-order valence-electron chi connectivity index (χ2n) is 3.84. The number of aromatic nitrogens is 2. The van der Waals surface area contributed by atoms with Crippen molar-refractivity contribution in [2.45, 2.75) is 13.1 Å². The van der Waals surface area contributed by atoms with Crippen LogP contribution < -0.4 is 5.32 Å². The van der Waals surface area contributed by atoms with Gasteiger partial charge in [-0.05, 0) is 24.3 Å². The molecule has 1 aromatic heterocycles. The van der Waals surface area contributed by atoms with E-state index in [2.05, 4.69) is 10.4 Å². The van der Waals surface area contributed by atoms with Crippen molar-refractivity contribution in [3.63, 3.8) is 0 Å². The fourth-order valence-electron chi connectivity index (χ4n) is 1.98. The van der Waals surface area contributed by atoms with Crippen LogP contribution in [0.4, 0.5) is 0 Å². The van der Waals surface area contributed by atoms with Gasteiger partial charge in [0.25, 0.3) is 0 Å². The largest absolute Gasteiger partial charge is 0.307 e. The Morgan fingerprint density at radius 1 is 1.25 bits per heavy atom. The van der Waals surface area contributed by atoms with Gasteiger partial charge in [-0.1, -0.05) is 0 Å². The molecule has 2 aromatic rings. The minimum absolute atomic E-state index is 0.686. The van der Waals surface area contributed by atoms with E-state index in [9.17, 15) is 4.79 Å². The first-order valence-electron chi connectivity index (χ1n) is 5.20. The smallest absolute Gasteiger partial charge is 0.150 e. The molecule has 1 aliphatic heterocycles. The highest BCUT2D eigenvalue weighted by Crippen LogP contribution is 2.18. The summed E-state index contributed by atoms with van der Waals surface area (Å²) in [5, 5.41) is 7.64. The minimum Gasteiger partial charge on any atom is -0.307 e. The molecule has 0 atom stereocenters. The first-order chi connectivity index (χ1) is 7.88. The van der Waals surface area contributed by atoms with Crippen molar-refractivity contribution in [2.75, 3.05) is 0 Å². The summed E-state index contributed by atoms with van der Waals surface area (Å²) in [5.74, 6) is 0. The van der Waals surface area contributed by atoms with Gasteiger partial charge >= 0.3 is 0 Å². The van der Waals surface area contributed by atoms with Gasteiger partial charge in [0.05, 0.1) is 17.6 Å². The normalized spacial score (nSPS) is 13.8. The molecule has 0 radical (unpaired) electrons. The van der Waals surface area contributed by atoms with Gasteiger partial charge in [0.2, 0.25) is 0 Å². The molecule has 0 spiro atoms. The van der Waals surface area contributed by atoms with Gasteiger partial charge < -0.3 is 5.32 Å². The van der Waals surface area contributed by atoms with Crippen LogP contribution in [0.5, 0.6) is 0 Å². The highest BCUT2D eigenvalue weighted by atomic mass is 16.1. The average molecular weight is 213 g/mol. The predicted octanol–water partition coefficient (Wildman–Crippen LogP) is 1.29. The van der Waals surface area contributed by atoms with E-state index in [1.807, 2.05) is 23.0 Å². The lowest BCUT2D eigenvalue weighted by Gasteiger charge is -2.05. The van der Waals surface area contributed by atoms with E-state index in [1.54, 1.807) is 12.1 Å². The third-order valence-electron chi connectivity index (χ3n) is 2.84. The summed E-state index contributed by atoms with van der Waals surface area (Å²) in [6.07, 6.45) is 2.74. The van der Waals surface area contributed by atoms with Crippen LogP contribution in [0.3, 0.4) is 0 Å². The summed E-state index contributed by atoms with van der Waals surface area (Å²) in [6, 6.07) is 7.43. The van der Waals surface area contributed by atoms with Crippen molar-refractivity contribution in [2.24, 2.45) is 0 Å². The molecule has 16 heavy (non-hydrogen) atoms. The number of fused-ring (bicyclic) bond motifs is 1. The van der Waals surface area contributed by atoms with Crippen molar-refractivity contribution in [3.05, 3.63) is 47.3 Å². The van der Waals surface area contributed by atoms with Crippen LogP contribution in [0.25, 0.3) is 5.69 Å². The SMILES string of the molecule is O=Cc1ccc(-n2ncc3c2CNC3)cc1. The Balaban J connectivity index is 2.04. The van der Waals surface area contributed by atoms with E-state index in [0.717, 1.165) is 25.1 Å². The van der Waals surface area contributed by atoms with E-state index < -0.39 is 0 Å². The van der Waals surface area contributed by atoms with E-state index in [1.165, 1.54) is 11.3 Å². The standard InChI is InChI=1S/C12H11N3O/c16-8-9-1-3-11(4-2-9)15-12-7-13-5-10(12)6-14-15/h1-4,6,8,13H,5,7H2. The fourth-order valence-corrected chi connectivity index (χ4v) is 1.98. The molecule has 0 saturated carbocycles. The van der Waals surface area contributed by atoms with Gasteiger partial charge in [0, 0.05) is 24.2 Å². The maximum absolute atomic E-state index is 10.6. The Labute approximate surface area is 92.9 Å². The van der Waals surface area contributed by atoms with Gasteiger partial charge in [-0.2, -0.15) is 5.10 Å². The Bertz CT molecular complexity index is 528. The second-order valence-corrected chi connectivity index (χ2v) is 3.84. The third kappa shape index (κ3) is 1.35. The molecule has 3 rings (SSSR count). The monoisotopic (exact) mass is 213 g/mol. The highest BCUT2D eigenvalue weighted by Gasteiger charge is 2.16. The molecule has 1 aliphatic rings. The lowest BCUT2D eigenvalue weighted by molar-refractivity contribution is 0.112. The molecular weight excluding hydrogens is 202 g/mol. The number of hydrogen-bond acceptors (Lipinski definition) is 3. The van der Waals surface area contributed by atoms with E-state index in [0.29, 0.717) is 5.56 Å². The molecule has 1 N–H and O–H groups in total. The molecule has 0 aliphatic carbocycles. The first kappa shape index (κ1) is 9.30. The van der Waals surface area contributed by atoms with E-state index >= 15 is 0 Å². The van der Waals surface area contributed by atoms with Crippen LogP contribution in [0.2, 0.25) is 0 Å². The predicted molar refractivity (Wildman–Crippen MR) is 59.5 cm³/mol. The summed E-state index contributed by atoms with van der Waals surface area (Å²) >= 11 is 0. The Morgan fingerprint density at radius 2 is 2.06 bits per heavy atom. The zero-order chi connectivity index (χ0) is 11.0. The number of hydrogen-bond donors (Lipinski definition) is 1. The van der Waals surface area contributed by atoms with Crippen molar-refractivity contribution in [3.8, 4) is 5.69 Å². The number of benzene rings is 1. The first-order valence-corrected chi connectivity index (χ1v) is 5.20. The minimum atomic E-state index is 0.686. The van der Waals surface area contributed by atoms with Crippen molar-refractivity contribution >= 4 is 6.29 Å². The molecule has 0 amide bonds. The molecule has 80 valence electrons. The van der Waals surface area contributed by atoms with Gasteiger partial charge in [0.1, 0.15) is 6.29 Å². The Hall–Kier alpha value is -1.94. The van der Waals surface area contributed by atoms with Crippen LogP contribution in [-0.2, 0) is 13.1 Å². The zero-order valence-corrected chi connectivity index (χ0v) is 8.68. The number of nitrogens with zero attached hydrogens (tertiary/aromatic N) is 2. The quantitative estimate of drug-likeness (QED) is 0.764. The Morgan fingerprint density at radius 3 is 2.81 bits per heavy atom. The molecule has 1 aromatic carbocycles. The highest BCUT2D eigenvalue weighted by molar-refractivity contribution is 5.75. The lowest BCUT2D eigenvalue weighted by Crippen LogP contribution is -2.07. The lowest BCUT2D eigenvalue weighted by atomic mass is 10.2. The molecule has 2 heterocycles. The summed E-state index contributed by atoms with van der Waals surface area (Å²) < 4.78 is 1.92. The van der Waals surface area contributed by atoms with Crippen LogP contribution in [-0.4, -0.2) is 16.1 Å². The molecular formula is C12H11N3O. The molecule has 4 heteroatoms.